The molecule has 1 atom stereocenters. The minimum atomic E-state index is -0.649. The number of ether oxygens (including phenoxy) is 2. The SMILES string of the molecule is CCCCOC(=O)[C@@H]1CCC(=O)O1. The van der Waals surface area contributed by atoms with Crippen LogP contribution in [0.3, 0.4) is 0 Å². The van der Waals surface area contributed by atoms with Crippen molar-refractivity contribution in [1.82, 2.24) is 0 Å². The summed E-state index contributed by atoms with van der Waals surface area (Å²) in [6.45, 7) is 2.44. The molecule has 0 radical (unpaired) electrons. The Bertz CT molecular complexity index is 200. The van der Waals surface area contributed by atoms with Crippen LogP contribution >= 0.6 is 0 Å². The first kappa shape index (κ1) is 10.0. The molecule has 1 fully saturated rings. The Kier molecular flexibility index (Phi) is 3.73. The first-order valence-corrected chi connectivity index (χ1v) is 4.60. The predicted octanol–water partition coefficient (Wildman–Crippen LogP) is 1.04. The van der Waals surface area contributed by atoms with E-state index in [-0.39, 0.29) is 5.97 Å². The van der Waals surface area contributed by atoms with Crippen LogP contribution in [-0.2, 0) is 19.1 Å². The van der Waals surface area contributed by atoms with Gasteiger partial charge in [-0.1, -0.05) is 13.3 Å². The summed E-state index contributed by atoms with van der Waals surface area (Å²) in [7, 11) is 0. The lowest BCUT2D eigenvalue weighted by molar-refractivity contribution is -0.161. The topological polar surface area (TPSA) is 52.6 Å². The van der Waals surface area contributed by atoms with E-state index < -0.39 is 12.1 Å². The van der Waals surface area contributed by atoms with E-state index in [0.29, 0.717) is 19.4 Å². The maximum absolute atomic E-state index is 11.2. The second kappa shape index (κ2) is 4.84. The molecular weight excluding hydrogens is 172 g/mol. The summed E-state index contributed by atoms with van der Waals surface area (Å²) in [5.74, 6) is -0.711. The Morgan fingerprint density at radius 2 is 2.46 bits per heavy atom. The lowest BCUT2D eigenvalue weighted by Gasteiger charge is -2.08. The van der Waals surface area contributed by atoms with Crippen LogP contribution in [0.2, 0.25) is 0 Å². The predicted molar refractivity (Wildman–Crippen MR) is 45.0 cm³/mol. The Morgan fingerprint density at radius 3 is 3.00 bits per heavy atom. The second-order valence-electron chi connectivity index (χ2n) is 3.04. The average Bonchev–Trinajstić information content (AvgIpc) is 2.52. The monoisotopic (exact) mass is 186 g/mol. The molecule has 1 rings (SSSR count). The fourth-order valence-corrected chi connectivity index (χ4v) is 1.10. The summed E-state index contributed by atoms with van der Waals surface area (Å²) >= 11 is 0. The molecule has 13 heavy (non-hydrogen) atoms. The second-order valence-corrected chi connectivity index (χ2v) is 3.04. The van der Waals surface area contributed by atoms with Gasteiger partial charge in [0.05, 0.1) is 6.61 Å². The molecule has 0 unspecified atom stereocenters. The van der Waals surface area contributed by atoms with Crippen LogP contribution in [0.15, 0.2) is 0 Å². The van der Waals surface area contributed by atoms with Crippen molar-refractivity contribution in [2.45, 2.75) is 38.7 Å². The number of carbonyl (C=O) groups excluding carboxylic acids is 2. The number of hydrogen-bond donors (Lipinski definition) is 0. The van der Waals surface area contributed by atoms with Crippen molar-refractivity contribution in [2.24, 2.45) is 0 Å². The molecule has 0 bridgehead atoms. The standard InChI is InChI=1S/C9H14O4/c1-2-3-6-12-9(11)7-4-5-8(10)13-7/h7H,2-6H2,1H3/t7-/m0/s1. The van der Waals surface area contributed by atoms with E-state index in [9.17, 15) is 9.59 Å². The van der Waals surface area contributed by atoms with E-state index >= 15 is 0 Å². The molecule has 0 saturated carbocycles. The van der Waals surface area contributed by atoms with Gasteiger partial charge in [-0.05, 0) is 6.42 Å². The maximum Gasteiger partial charge on any atom is 0.347 e. The minimum Gasteiger partial charge on any atom is -0.463 e. The Labute approximate surface area is 77.2 Å². The Morgan fingerprint density at radius 1 is 1.69 bits per heavy atom. The first-order valence-electron chi connectivity index (χ1n) is 4.60. The molecule has 0 aliphatic carbocycles. The van der Waals surface area contributed by atoms with Gasteiger partial charge in [-0.3, -0.25) is 4.79 Å². The summed E-state index contributed by atoms with van der Waals surface area (Å²) in [6.07, 6.45) is 1.98. The van der Waals surface area contributed by atoms with Gasteiger partial charge in [0, 0.05) is 12.8 Å². The van der Waals surface area contributed by atoms with Crippen molar-refractivity contribution in [2.75, 3.05) is 6.61 Å². The molecule has 1 saturated heterocycles. The first-order chi connectivity index (χ1) is 6.24. The molecular formula is C9H14O4. The lowest BCUT2D eigenvalue weighted by atomic mass is 10.2. The average molecular weight is 186 g/mol. The molecule has 0 aromatic heterocycles. The summed E-state index contributed by atoms with van der Waals surface area (Å²) in [4.78, 5) is 21.8. The number of hydrogen-bond acceptors (Lipinski definition) is 4. The zero-order valence-electron chi connectivity index (χ0n) is 7.75. The third-order valence-corrected chi connectivity index (χ3v) is 1.89. The number of unbranched alkanes of at least 4 members (excludes halogenated alkanes) is 1. The van der Waals surface area contributed by atoms with Crippen molar-refractivity contribution in [3.05, 3.63) is 0 Å². The summed E-state index contributed by atoms with van der Waals surface area (Å²) in [5.41, 5.74) is 0. The van der Waals surface area contributed by atoms with Crippen molar-refractivity contribution in [3.63, 3.8) is 0 Å². The van der Waals surface area contributed by atoms with Crippen LogP contribution in [0, 0.1) is 0 Å². The van der Waals surface area contributed by atoms with E-state index in [4.69, 9.17) is 9.47 Å². The molecule has 0 amide bonds. The normalized spacial score (nSPS) is 21.3. The van der Waals surface area contributed by atoms with Crippen LogP contribution in [0.4, 0.5) is 0 Å². The molecule has 1 aliphatic rings. The van der Waals surface area contributed by atoms with Crippen molar-refractivity contribution in [3.8, 4) is 0 Å². The zero-order valence-corrected chi connectivity index (χ0v) is 7.75. The molecule has 0 spiro atoms. The summed E-state index contributed by atoms with van der Waals surface area (Å²) in [6, 6.07) is 0. The zero-order chi connectivity index (χ0) is 9.68. The number of cyclic esters (lactones) is 1. The highest BCUT2D eigenvalue weighted by atomic mass is 16.6. The molecule has 0 N–H and O–H groups in total. The van der Waals surface area contributed by atoms with Crippen LogP contribution < -0.4 is 0 Å². The van der Waals surface area contributed by atoms with Gasteiger partial charge >= 0.3 is 11.9 Å². The largest absolute Gasteiger partial charge is 0.463 e. The summed E-state index contributed by atoms with van der Waals surface area (Å²) in [5, 5.41) is 0. The Hall–Kier alpha value is -1.06. The van der Waals surface area contributed by atoms with Crippen LogP contribution in [0.1, 0.15) is 32.6 Å². The minimum absolute atomic E-state index is 0.308. The van der Waals surface area contributed by atoms with Gasteiger partial charge in [0.2, 0.25) is 0 Å². The highest BCUT2D eigenvalue weighted by Crippen LogP contribution is 2.14. The van der Waals surface area contributed by atoms with E-state index in [1.165, 1.54) is 0 Å². The van der Waals surface area contributed by atoms with Gasteiger partial charge in [-0.25, -0.2) is 4.79 Å². The van der Waals surface area contributed by atoms with E-state index in [0.717, 1.165) is 12.8 Å². The number of esters is 2. The van der Waals surface area contributed by atoms with Crippen LogP contribution in [0.5, 0.6) is 0 Å². The van der Waals surface area contributed by atoms with Gasteiger partial charge in [-0.15, -0.1) is 0 Å². The van der Waals surface area contributed by atoms with E-state index in [2.05, 4.69) is 0 Å². The third-order valence-electron chi connectivity index (χ3n) is 1.89. The molecule has 4 heteroatoms. The van der Waals surface area contributed by atoms with Crippen LogP contribution in [-0.4, -0.2) is 24.6 Å². The number of rotatable bonds is 4. The molecule has 1 aliphatic heterocycles. The number of carbonyl (C=O) groups is 2. The molecule has 4 nitrogen and oxygen atoms in total. The quantitative estimate of drug-likeness (QED) is 0.486. The van der Waals surface area contributed by atoms with Crippen molar-refractivity contribution >= 4 is 11.9 Å². The molecule has 0 aromatic rings. The molecule has 74 valence electrons. The van der Waals surface area contributed by atoms with Crippen LogP contribution in [0.25, 0.3) is 0 Å². The van der Waals surface area contributed by atoms with Crippen molar-refractivity contribution in [1.29, 1.82) is 0 Å². The fraction of sp³-hybridized carbons (Fsp3) is 0.778. The van der Waals surface area contributed by atoms with Gasteiger partial charge < -0.3 is 9.47 Å². The lowest BCUT2D eigenvalue weighted by Crippen LogP contribution is -2.23. The van der Waals surface area contributed by atoms with Gasteiger partial charge in [0.15, 0.2) is 6.10 Å². The third kappa shape index (κ3) is 3.05. The van der Waals surface area contributed by atoms with E-state index in [1.54, 1.807) is 0 Å². The van der Waals surface area contributed by atoms with Gasteiger partial charge in [-0.2, -0.15) is 0 Å². The van der Waals surface area contributed by atoms with E-state index in [1.807, 2.05) is 6.92 Å². The van der Waals surface area contributed by atoms with Gasteiger partial charge in [0.1, 0.15) is 0 Å². The van der Waals surface area contributed by atoms with Crippen molar-refractivity contribution < 1.29 is 19.1 Å². The highest BCUT2D eigenvalue weighted by molar-refractivity contribution is 5.82. The fourth-order valence-electron chi connectivity index (χ4n) is 1.10. The highest BCUT2D eigenvalue weighted by Gasteiger charge is 2.30. The smallest absolute Gasteiger partial charge is 0.347 e. The molecule has 1 heterocycles. The van der Waals surface area contributed by atoms with Gasteiger partial charge in [0.25, 0.3) is 0 Å². The molecule has 0 aromatic carbocycles. The Balaban J connectivity index is 2.20. The summed E-state index contributed by atoms with van der Waals surface area (Å²) < 4.78 is 9.64. The maximum atomic E-state index is 11.2.